The molecule has 0 aliphatic rings. The molecule has 82 valence electrons. The van der Waals surface area contributed by atoms with Gasteiger partial charge in [0, 0.05) is 13.1 Å². The summed E-state index contributed by atoms with van der Waals surface area (Å²) >= 11 is 0. The second kappa shape index (κ2) is 6.00. The zero-order chi connectivity index (χ0) is 11.2. The summed E-state index contributed by atoms with van der Waals surface area (Å²) in [5.41, 5.74) is -0.634. The molecule has 0 radical (unpaired) electrons. The van der Waals surface area contributed by atoms with Crippen LogP contribution in [0.5, 0.6) is 0 Å². The van der Waals surface area contributed by atoms with Crippen LogP contribution in [0.2, 0.25) is 0 Å². The maximum absolute atomic E-state index is 9.89. The molecule has 0 aliphatic heterocycles. The molecule has 0 spiro atoms. The summed E-state index contributed by atoms with van der Waals surface area (Å²) < 4.78 is 0. The number of nitrogens with zero attached hydrogens (tertiary/aromatic N) is 2. The highest BCUT2D eigenvalue weighted by Gasteiger charge is 2.21. The molecule has 0 bridgehead atoms. The maximum Gasteiger partial charge on any atom is 0.0743 e. The highest BCUT2D eigenvalue weighted by atomic mass is 16.3. The van der Waals surface area contributed by atoms with Gasteiger partial charge in [0.1, 0.15) is 0 Å². The Morgan fingerprint density at radius 1 is 1.50 bits per heavy atom. The summed E-state index contributed by atoms with van der Waals surface area (Å²) in [6.45, 7) is 10.0. The van der Waals surface area contributed by atoms with Crippen molar-refractivity contribution < 1.29 is 5.11 Å². The topological polar surface area (TPSA) is 47.3 Å². The third-order valence-electron chi connectivity index (χ3n) is 2.53. The Morgan fingerprint density at radius 2 is 2.07 bits per heavy atom. The van der Waals surface area contributed by atoms with Gasteiger partial charge in [-0.1, -0.05) is 13.8 Å². The van der Waals surface area contributed by atoms with E-state index in [0.29, 0.717) is 6.54 Å². The minimum Gasteiger partial charge on any atom is -0.389 e. The Hall–Kier alpha value is -0.590. The lowest BCUT2D eigenvalue weighted by Crippen LogP contribution is -2.42. The van der Waals surface area contributed by atoms with E-state index in [1.807, 2.05) is 20.8 Å². The fraction of sp³-hybridized carbons (Fsp3) is 0.909. The first-order valence-electron chi connectivity index (χ1n) is 5.29. The van der Waals surface area contributed by atoms with Crippen LogP contribution in [0.3, 0.4) is 0 Å². The van der Waals surface area contributed by atoms with Crippen molar-refractivity contribution in [2.45, 2.75) is 39.7 Å². The Morgan fingerprint density at radius 3 is 2.43 bits per heavy atom. The minimum atomic E-state index is -0.634. The van der Waals surface area contributed by atoms with E-state index in [9.17, 15) is 5.11 Å². The van der Waals surface area contributed by atoms with Crippen LogP contribution in [0, 0.1) is 17.2 Å². The van der Waals surface area contributed by atoms with Crippen LogP contribution in [0.25, 0.3) is 0 Å². The second-order valence-electron chi connectivity index (χ2n) is 4.21. The summed E-state index contributed by atoms with van der Waals surface area (Å²) in [4.78, 5) is 2.12. The third kappa shape index (κ3) is 5.21. The highest BCUT2D eigenvalue weighted by molar-refractivity contribution is 4.83. The predicted molar refractivity (Wildman–Crippen MR) is 57.8 cm³/mol. The number of hydrogen-bond donors (Lipinski definition) is 1. The molecule has 0 aromatic rings. The first-order valence-corrected chi connectivity index (χ1v) is 5.29. The molecule has 0 heterocycles. The summed E-state index contributed by atoms with van der Waals surface area (Å²) in [6.07, 6.45) is 0.741. The summed E-state index contributed by atoms with van der Waals surface area (Å²) in [5.74, 6) is 0.0302. The van der Waals surface area contributed by atoms with E-state index in [2.05, 4.69) is 17.9 Å². The molecule has 14 heavy (non-hydrogen) atoms. The van der Waals surface area contributed by atoms with Gasteiger partial charge in [0.05, 0.1) is 17.6 Å². The molecule has 0 amide bonds. The Labute approximate surface area is 87.3 Å². The van der Waals surface area contributed by atoms with Crippen molar-refractivity contribution >= 4 is 0 Å². The van der Waals surface area contributed by atoms with Crippen molar-refractivity contribution in [2.24, 2.45) is 5.92 Å². The molecule has 2 unspecified atom stereocenters. The van der Waals surface area contributed by atoms with E-state index in [0.717, 1.165) is 19.5 Å². The standard InChI is InChI=1S/C11H22N2O/c1-5-11(4,14)9-13(6-2)8-10(3)7-12/h10,14H,5-6,8-9H2,1-4H3. The van der Waals surface area contributed by atoms with Gasteiger partial charge in [0.2, 0.25) is 0 Å². The first kappa shape index (κ1) is 13.4. The number of hydrogen-bond acceptors (Lipinski definition) is 3. The van der Waals surface area contributed by atoms with Crippen LogP contribution in [0.1, 0.15) is 34.1 Å². The lowest BCUT2D eigenvalue weighted by Gasteiger charge is -2.30. The van der Waals surface area contributed by atoms with E-state index in [1.165, 1.54) is 0 Å². The molecule has 0 fully saturated rings. The molecule has 0 aliphatic carbocycles. The van der Waals surface area contributed by atoms with Gasteiger partial charge in [-0.05, 0) is 26.8 Å². The van der Waals surface area contributed by atoms with Gasteiger partial charge in [0.25, 0.3) is 0 Å². The molecule has 0 saturated carbocycles. The summed E-state index contributed by atoms with van der Waals surface area (Å²) in [7, 11) is 0. The van der Waals surface area contributed by atoms with Crippen LogP contribution < -0.4 is 0 Å². The average Bonchev–Trinajstić information content (AvgIpc) is 2.16. The monoisotopic (exact) mass is 198 g/mol. The fourth-order valence-corrected chi connectivity index (χ4v) is 1.33. The lowest BCUT2D eigenvalue weighted by molar-refractivity contribution is 0.0159. The molecule has 0 aromatic carbocycles. The van der Waals surface area contributed by atoms with Crippen molar-refractivity contribution in [2.75, 3.05) is 19.6 Å². The van der Waals surface area contributed by atoms with Crippen molar-refractivity contribution in [1.29, 1.82) is 5.26 Å². The fourth-order valence-electron chi connectivity index (χ4n) is 1.33. The van der Waals surface area contributed by atoms with Crippen molar-refractivity contribution in [3.05, 3.63) is 0 Å². The number of nitriles is 1. The lowest BCUT2D eigenvalue weighted by atomic mass is 10.0. The predicted octanol–water partition coefficient (Wildman–Crippen LogP) is 1.63. The van der Waals surface area contributed by atoms with Gasteiger partial charge in [0.15, 0.2) is 0 Å². The van der Waals surface area contributed by atoms with Gasteiger partial charge in [-0.2, -0.15) is 5.26 Å². The zero-order valence-electron chi connectivity index (χ0n) is 9.75. The molecular weight excluding hydrogens is 176 g/mol. The van der Waals surface area contributed by atoms with Crippen molar-refractivity contribution in [1.82, 2.24) is 4.90 Å². The molecular formula is C11H22N2O. The molecule has 0 rings (SSSR count). The van der Waals surface area contributed by atoms with Gasteiger partial charge in [-0.25, -0.2) is 0 Å². The molecule has 1 N–H and O–H groups in total. The summed E-state index contributed by atoms with van der Waals surface area (Å²) in [6, 6.07) is 2.21. The number of aliphatic hydroxyl groups is 1. The van der Waals surface area contributed by atoms with Crippen LogP contribution in [0.15, 0.2) is 0 Å². The number of rotatable bonds is 6. The first-order chi connectivity index (χ1) is 6.45. The second-order valence-corrected chi connectivity index (χ2v) is 4.21. The Balaban J connectivity index is 4.10. The molecule has 3 nitrogen and oxygen atoms in total. The smallest absolute Gasteiger partial charge is 0.0743 e. The van der Waals surface area contributed by atoms with Crippen LogP contribution in [0.4, 0.5) is 0 Å². The van der Waals surface area contributed by atoms with Crippen molar-refractivity contribution in [3.8, 4) is 6.07 Å². The van der Waals surface area contributed by atoms with Gasteiger partial charge in [-0.3, -0.25) is 4.90 Å². The molecule has 2 atom stereocenters. The van der Waals surface area contributed by atoms with Crippen LogP contribution in [-0.2, 0) is 0 Å². The van der Waals surface area contributed by atoms with Gasteiger partial charge in [-0.15, -0.1) is 0 Å². The molecule has 0 saturated heterocycles. The Kier molecular flexibility index (Phi) is 5.75. The number of likely N-dealkylation sites (N-methyl/N-ethyl adjacent to an activating group) is 1. The zero-order valence-corrected chi connectivity index (χ0v) is 9.75. The van der Waals surface area contributed by atoms with E-state index in [4.69, 9.17) is 5.26 Å². The minimum absolute atomic E-state index is 0.0302. The SMILES string of the molecule is CCN(CC(C)C#N)CC(C)(O)CC. The van der Waals surface area contributed by atoms with Crippen LogP contribution in [-0.4, -0.2) is 35.2 Å². The maximum atomic E-state index is 9.89. The largest absolute Gasteiger partial charge is 0.389 e. The van der Waals surface area contributed by atoms with E-state index in [1.54, 1.807) is 0 Å². The van der Waals surface area contributed by atoms with Gasteiger partial charge >= 0.3 is 0 Å². The van der Waals surface area contributed by atoms with Crippen molar-refractivity contribution in [3.63, 3.8) is 0 Å². The molecule has 3 heteroatoms. The average molecular weight is 198 g/mol. The summed E-state index contributed by atoms with van der Waals surface area (Å²) in [5, 5.41) is 18.6. The van der Waals surface area contributed by atoms with Gasteiger partial charge < -0.3 is 5.11 Å². The normalized spacial score (nSPS) is 17.5. The highest BCUT2D eigenvalue weighted by Crippen LogP contribution is 2.11. The quantitative estimate of drug-likeness (QED) is 0.705. The third-order valence-corrected chi connectivity index (χ3v) is 2.53. The van der Waals surface area contributed by atoms with E-state index < -0.39 is 5.60 Å². The van der Waals surface area contributed by atoms with E-state index in [-0.39, 0.29) is 5.92 Å². The Bertz CT molecular complexity index is 196. The van der Waals surface area contributed by atoms with E-state index >= 15 is 0 Å². The van der Waals surface area contributed by atoms with Crippen LogP contribution >= 0.6 is 0 Å². The molecule has 0 aromatic heterocycles.